The molecule has 0 spiro atoms. The van der Waals surface area contributed by atoms with E-state index in [2.05, 4.69) is 10.4 Å². The number of nitrogens with zero attached hydrogens (tertiary/aromatic N) is 2. The average Bonchev–Trinajstić information content (AvgIpc) is 3.33. The summed E-state index contributed by atoms with van der Waals surface area (Å²) in [7, 11) is 0. The molecule has 4 rings (SSSR count). The minimum absolute atomic E-state index is 0.189. The standard InChI is InChI=1S/C20H15N3OS/c24-20(21-15-8-3-1-4-9-15)18-14-17(19-12-7-13-25-19)22-23(18)16-10-5-2-6-11-16/h1-14H,(H,21,24). The minimum atomic E-state index is -0.189. The summed E-state index contributed by atoms with van der Waals surface area (Å²) in [6, 6.07) is 24.9. The molecule has 2 aromatic heterocycles. The second kappa shape index (κ2) is 6.75. The number of rotatable bonds is 4. The third kappa shape index (κ3) is 3.22. The van der Waals surface area contributed by atoms with Crippen LogP contribution in [-0.4, -0.2) is 15.7 Å². The Kier molecular flexibility index (Phi) is 4.14. The molecule has 1 amide bonds. The van der Waals surface area contributed by atoms with Crippen LogP contribution < -0.4 is 5.32 Å². The quantitative estimate of drug-likeness (QED) is 0.574. The monoisotopic (exact) mass is 345 g/mol. The van der Waals surface area contributed by atoms with Crippen molar-refractivity contribution >= 4 is 22.9 Å². The Morgan fingerprint density at radius 1 is 0.920 bits per heavy atom. The van der Waals surface area contributed by atoms with Gasteiger partial charge in [0.1, 0.15) is 11.4 Å². The van der Waals surface area contributed by atoms with Crippen LogP contribution in [0.5, 0.6) is 0 Å². The van der Waals surface area contributed by atoms with E-state index in [-0.39, 0.29) is 5.91 Å². The Bertz CT molecular complexity index is 976. The van der Waals surface area contributed by atoms with E-state index in [9.17, 15) is 4.79 Å². The van der Waals surface area contributed by atoms with Gasteiger partial charge in [0.15, 0.2) is 0 Å². The van der Waals surface area contributed by atoms with Crippen LogP contribution in [-0.2, 0) is 0 Å². The van der Waals surface area contributed by atoms with Gasteiger partial charge in [0.25, 0.3) is 5.91 Å². The van der Waals surface area contributed by atoms with Crippen molar-refractivity contribution in [3.8, 4) is 16.3 Å². The maximum Gasteiger partial charge on any atom is 0.274 e. The molecule has 2 heterocycles. The zero-order chi connectivity index (χ0) is 17.1. The highest BCUT2D eigenvalue weighted by molar-refractivity contribution is 7.13. The molecule has 0 aliphatic carbocycles. The molecule has 1 N–H and O–H groups in total. The molecule has 0 aliphatic rings. The lowest BCUT2D eigenvalue weighted by atomic mass is 10.2. The summed E-state index contributed by atoms with van der Waals surface area (Å²) in [5, 5.41) is 9.58. The summed E-state index contributed by atoms with van der Waals surface area (Å²) in [5.41, 5.74) is 2.89. The van der Waals surface area contributed by atoms with Gasteiger partial charge < -0.3 is 5.32 Å². The predicted molar refractivity (Wildman–Crippen MR) is 101 cm³/mol. The van der Waals surface area contributed by atoms with Gasteiger partial charge in [0.05, 0.1) is 10.6 Å². The van der Waals surface area contributed by atoms with Crippen molar-refractivity contribution in [3.63, 3.8) is 0 Å². The first-order chi connectivity index (χ1) is 12.3. The van der Waals surface area contributed by atoms with Gasteiger partial charge in [-0.2, -0.15) is 5.10 Å². The predicted octanol–water partition coefficient (Wildman–Crippen LogP) is 4.85. The fourth-order valence-electron chi connectivity index (χ4n) is 2.57. The molecular formula is C20H15N3OS. The number of carbonyl (C=O) groups excluding carboxylic acids is 1. The number of amides is 1. The van der Waals surface area contributed by atoms with E-state index in [1.165, 1.54) is 0 Å². The SMILES string of the molecule is O=C(Nc1ccccc1)c1cc(-c2cccs2)nn1-c1ccccc1. The van der Waals surface area contributed by atoms with Gasteiger partial charge >= 0.3 is 0 Å². The van der Waals surface area contributed by atoms with Gasteiger partial charge in [-0.3, -0.25) is 4.79 Å². The smallest absolute Gasteiger partial charge is 0.274 e. The third-order valence-electron chi connectivity index (χ3n) is 3.75. The van der Waals surface area contributed by atoms with Crippen LogP contribution in [0.15, 0.2) is 84.2 Å². The van der Waals surface area contributed by atoms with E-state index < -0.39 is 0 Å². The summed E-state index contributed by atoms with van der Waals surface area (Å²) in [6.07, 6.45) is 0. The average molecular weight is 345 g/mol. The highest BCUT2D eigenvalue weighted by Crippen LogP contribution is 2.26. The summed E-state index contributed by atoms with van der Waals surface area (Å²) >= 11 is 1.60. The number of thiophene rings is 1. The highest BCUT2D eigenvalue weighted by Gasteiger charge is 2.18. The fourth-order valence-corrected chi connectivity index (χ4v) is 3.25. The van der Waals surface area contributed by atoms with Crippen molar-refractivity contribution < 1.29 is 4.79 Å². The van der Waals surface area contributed by atoms with Gasteiger partial charge in [-0.05, 0) is 41.8 Å². The first-order valence-electron chi connectivity index (χ1n) is 7.87. The minimum Gasteiger partial charge on any atom is -0.321 e. The first-order valence-corrected chi connectivity index (χ1v) is 8.75. The Hall–Kier alpha value is -3.18. The van der Waals surface area contributed by atoms with Crippen molar-refractivity contribution in [2.45, 2.75) is 0 Å². The number of benzene rings is 2. The number of hydrogen-bond donors (Lipinski definition) is 1. The Balaban J connectivity index is 1.76. The molecule has 0 aliphatic heterocycles. The molecule has 0 saturated heterocycles. The molecule has 0 bridgehead atoms. The van der Waals surface area contributed by atoms with E-state index in [0.717, 1.165) is 21.9 Å². The number of nitrogens with one attached hydrogen (secondary N) is 1. The summed E-state index contributed by atoms with van der Waals surface area (Å²) in [6.45, 7) is 0. The van der Waals surface area contributed by atoms with Crippen LogP contribution in [0.25, 0.3) is 16.3 Å². The number of para-hydroxylation sites is 2. The largest absolute Gasteiger partial charge is 0.321 e. The summed E-state index contributed by atoms with van der Waals surface area (Å²) < 4.78 is 1.69. The number of aromatic nitrogens is 2. The molecule has 0 radical (unpaired) electrons. The second-order valence-corrected chi connectivity index (χ2v) is 6.41. The van der Waals surface area contributed by atoms with E-state index >= 15 is 0 Å². The number of anilines is 1. The lowest BCUT2D eigenvalue weighted by Gasteiger charge is -2.08. The summed E-state index contributed by atoms with van der Waals surface area (Å²) in [4.78, 5) is 13.9. The van der Waals surface area contributed by atoms with Gasteiger partial charge in [-0.25, -0.2) is 4.68 Å². The molecule has 0 unspecified atom stereocenters. The third-order valence-corrected chi connectivity index (χ3v) is 4.64. The van der Waals surface area contributed by atoms with Crippen LogP contribution >= 0.6 is 11.3 Å². The van der Waals surface area contributed by atoms with Crippen LogP contribution in [0.1, 0.15) is 10.5 Å². The summed E-state index contributed by atoms with van der Waals surface area (Å²) in [5.74, 6) is -0.189. The topological polar surface area (TPSA) is 46.9 Å². The molecule has 4 nitrogen and oxygen atoms in total. The molecular weight excluding hydrogens is 330 g/mol. The van der Waals surface area contributed by atoms with Gasteiger partial charge in [-0.1, -0.05) is 42.5 Å². The molecule has 122 valence electrons. The van der Waals surface area contributed by atoms with Gasteiger partial charge in [0.2, 0.25) is 0 Å². The zero-order valence-electron chi connectivity index (χ0n) is 13.3. The van der Waals surface area contributed by atoms with Gasteiger partial charge in [-0.15, -0.1) is 11.3 Å². The zero-order valence-corrected chi connectivity index (χ0v) is 14.1. The molecule has 0 saturated carbocycles. The highest BCUT2D eigenvalue weighted by atomic mass is 32.1. The van der Waals surface area contributed by atoms with Crippen LogP contribution in [0.2, 0.25) is 0 Å². The van der Waals surface area contributed by atoms with E-state index in [1.54, 1.807) is 16.0 Å². The fraction of sp³-hybridized carbons (Fsp3) is 0. The molecule has 0 fully saturated rings. The van der Waals surface area contributed by atoms with Crippen molar-refractivity contribution in [2.24, 2.45) is 0 Å². The molecule has 5 heteroatoms. The van der Waals surface area contributed by atoms with Crippen LogP contribution in [0.3, 0.4) is 0 Å². The van der Waals surface area contributed by atoms with Crippen LogP contribution in [0, 0.1) is 0 Å². The molecule has 0 atom stereocenters. The molecule has 25 heavy (non-hydrogen) atoms. The van der Waals surface area contributed by atoms with Crippen molar-refractivity contribution in [1.29, 1.82) is 0 Å². The normalized spacial score (nSPS) is 10.6. The lowest BCUT2D eigenvalue weighted by molar-refractivity contribution is 0.101. The molecule has 4 aromatic rings. The maximum atomic E-state index is 12.8. The van der Waals surface area contributed by atoms with Crippen LogP contribution in [0.4, 0.5) is 5.69 Å². The van der Waals surface area contributed by atoms with Crippen molar-refractivity contribution in [2.75, 3.05) is 5.32 Å². The number of hydrogen-bond acceptors (Lipinski definition) is 3. The van der Waals surface area contributed by atoms with E-state index in [0.29, 0.717) is 5.69 Å². The maximum absolute atomic E-state index is 12.8. The van der Waals surface area contributed by atoms with E-state index in [1.807, 2.05) is 84.2 Å². The van der Waals surface area contributed by atoms with Crippen molar-refractivity contribution in [3.05, 3.63) is 89.9 Å². The van der Waals surface area contributed by atoms with Gasteiger partial charge in [0, 0.05) is 5.69 Å². The second-order valence-electron chi connectivity index (χ2n) is 5.46. The Morgan fingerprint density at radius 3 is 2.32 bits per heavy atom. The first kappa shape index (κ1) is 15.4. The molecule has 2 aromatic carbocycles. The Labute approximate surface area is 149 Å². The van der Waals surface area contributed by atoms with E-state index in [4.69, 9.17) is 0 Å². The Morgan fingerprint density at radius 2 is 1.64 bits per heavy atom. The lowest BCUT2D eigenvalue weighted by Crippen LogP contribution is -2.16. The number of carbonyl (C=O) groups is 1. The van der Waals surface area contributed by atoms with Crippen molar-refractivity contribution in [1.82, 2.24) is 9.78 Å².